The number of fused-ring (bicyclic) bond motifs is 3. The standard InChI is InChI=1S/C11H12N6/c12-6-4-2-1-3-16-9(4)10-5(6)7(13)8(14)11(15)17-10/h1-3,6H,12,14H2,(H4,13,15,17). The molecule has 0 saturated carbocycles. The van der Waals surface area contributed by atoms with Crippen molar-refractivity contribution >= 4 is 17.2 Å². The van der Waals surface area contributed by atoms with Gasteiger partial charge in [0.1, 0.15) is 5.82 Å². The fourth-order valence-electron chi connectivity index (χ4n) is 2.17. The van der Waals surface area contributed by atoms with Gasteiger partial charge < -0.3 is 22.9 Å². The quantitative estimate of drug-likeness (QED) is 0.511. The summed E-state index contributed by atoms with van der Waals surface area (Å²) < 4.78 is 0. The third-order valence-corrected chi connectivity index (χ3v) is 3.05. The van der Waals surface area contributed by atoms with Crippen molar-refractivity contribution in [3.63, 3.8) is 0 Å². The number of hydrogen-bond donors (Lipinski definition) is 4. The molecule has 86 valence electrons. The van der Waals surface area contributed by atoms with Gasteiger partial charge >= 0.3 is 0 Å². The van der Waals surface area contributed by atoms with Crippen LogP contribution in [-0.4, -0.2) is 9.97 Å². The Hall–Kier alpha value is -2.34. The maximum atomic E-state index is 6.12. The second-order valence-electron chi connectivity index (χ2n) is 4.01. The molecule has 1 aliphatic carbocycles. The van der Waals surface area contributed by atoms with Crippen molar-refractivity contribution in [2.24, 2.45) is 5.73 Å². The first-order valence-electron chi connectivity index (χ1n) is 5.16. The zero-order chi connectivity index (χ0) is 12.2. The van der Waals surface area contributed by atoms with Gasteiger partial charge in [0.05, 0.1) is 28.8 Å². The maximum absolute atomic E-state index is 6.12. The lowest BCUT2D eigenvalue weighted by molar-refractivity contribution is 0.898. The van der Waals surface area contributed by atoms with E-state index in [0.717, 1.165) is 11.3 Å². The van der Waals surface area contributed by atoms with Crippen LogP contribution in [0.5, 0.6) is 0 Å². The average molecular weight is 228 g/mol. The largest absolute Gasteiger partial charge is 0.397 e. The molecule has 2 aromatic rings. The molecule has 0 aliphatic heterocycles. The number of aromatic nitrogens is 2. The third-order valence-electron chi connectivity index (χ3n) is 3.05. The van der Waals surface area contributed by atoms with Crippen LogP contribution < -0.4 is 22.9 Å². The van der Waals surface area contributed by atoms with Crippen molar-refractivity contribution in [3.05, 3.63) is 29.5 Å². The van der Waals surface area contributed by atoms with E-state index in [-0.39, 0.29) is 17.5 Å². The molecule has 2 aromatic heterocycles. The summed E-state index contributed by atoms with van der Waals surface area (Å²) in [6.45, 7) is 0. The Bertz CT molecular complexity index is 622. The van der Waals surface area contributed by atoms with Crippen LogP contribution in [0.4, 0.5) is 17.2 Å². The van der Waals surface area contributed by atoms with Gasteiger partial charge in [-0.2, -0.15) is 0 Å². The second kappa shape index (κ2) is 3.08. The lowest BCUT2D eigenvalue weighted by Crippen LogP contribution is -2.13. The number of nitrogens with two attached hydrogens (primary N) is 4. The van der Waals surface area contributed by atoms with E-state index in [9.17, 15) is 0 Å². The molecule has 8 N–H and O–H groups in total. The molecule has 3 rings (SSSR count). The lowest BCUT2D eigenvalue weighted by atomic mass is 10.1. The highest BCUT2D eigenvalue weighted by Crippen LogP contribution is 2.45. The van der Waals surface area contributed by atoms with Crippen molar-refractivity contribution in [1.82, 2.24) is 9.97 Å². The smallest absolute Gasteiger partial charge is 0.149 e. The Balaban J connectivity index is 2.39. The van der Waals surface area contributed by atoms with Crippen molar-refractivity contribution in [3.8, 4) is 11.4 Å². The summed E-state index contributed by atoms with van der Waals surface area (Å²) in [4.78, 5) is 8.50. The van der Waals surface area contributed by atoms with Gasteiger partial charge in [-0.15, -0.1) is 0 Å². The number of rotatable bonds is 0. The van der Waals surface area contributed by atoms with Gasteiger partial charge in [-0.3, -0.25) is 4.98 Å². The summed E-state index contributed by atoms with van der Waals surface area (Å²) >= 11 is 0. The highest BCUT2D eigenvalue weighted by atomic mass is 14.9. The minimum atomic E-state index is -0.343. The number of anilines is 3. The molecule has 6 heteroatoms. The highest BCUT2D eigenvalue weighted by Gasteiger charge is 2.31. The Morgan fingerprint density at radius 3 is 2.59 bits per heavy atom. The van der Waals surface area contributed by atoms with Gasteiger partial charge in [0.2, 0.25) is 0 Å². The molecule has 0 radical (unpaired) electrons. The number of nitrogens with zero attached hydrogens (tertiary/aromatic N) is 2. The van der Waals surface area contributed by atoms with Crippen LogP contribution in [0.2, 0.25) is 0 Å². The second-order valence-corrected chi connectivity index (χ2v) is 4.01. The van der Waals surface area contributed by atoms with E-state index in [1.54, 1.807) is 6.20 Å². The predicted octanol–water partition coefficient (Wildman–Crippen LogP) is 0.252. The highest BCUT2D eigenvalue weighted by molar-refractivity contribution is 5.88. The van der Waals surface area contributed by atoms with E-state index in [4.69, 9.17) is 22.9 Å². The monoisotopic (exact) mass is 228 g/mol. The van der Waals surface area contributed by atoms with Gasteiger partial charge in [-0.05, 0) is 6.07 Å². The van der Waals surface area contributed by atoms with E-state index < -0.39 is 0 Å². The third kappa shape index (κ3) is 1.12. The van der Waals surface area contributed by atoms with Crippen molar-refractivity contribution < 1.29 is 0 Å². The molecule has 0 amide bonds. The van der Waals surface area contributed by atoms with Crippen LogP contribution in [0.15, 0.2) is 18.3 Å². The van der Waals surface area contributed by atoms with Gasteiger partial charge in [0, 0.05) is 17.3 Å². The van der Waals surface area contributed by atoms with Crippen LogP contribution in [0.25, 0.3) is 11.4 Å². The van der Waals surface area contributed by atoms with Crippen LogP contribution in [0, 0.1) is 0 Å². The molecule has 0 fully saturated rings. The summed E-state index contributed by atoms with van der Waals surface area (Å²) in [7, 11) is 0. The number of pyridine rings is 2. The van der Waals surface area contributed by atoms with Gasteiger partial charge in [0.25, 0.3) is 0 Å². The lowest BCUT2D eigenvalue weighted by Gasteiger charge is -2.12. The molecule has 1 unspecified atom stereocenters. The first kappa shape index (κ1) is 9.86. The molecular formula is C11H12N6. The SMILES string of the molecule is Nc1nc2c(c(N)c1N)C(N)c1cccnc1-2. The summed E-state index contributed by atoms with van der Waals surface area (Å²) in [5.74, 6) is 0.215. The Labute approximate surface area is 97.6 Å². The van der Waals surface area contributed by atoms with Gasteiger partial charge in [-0.25, -0.2) is 4.98 Å². The zero-order valence-electron chi connectivity index (χ0n) is 9.01. The Morgan fingerprint density at radius 2 is 1.82 bits per heavy atom. The molecule has 0 bridgehead atoms. The maximum Gasteiger partial charge on any atom is 0.149 e. The van der Waals surface area contributed by atoms with Gasteiger partial charge in [-0.1, -0.05) is 6.07 Å². The fraction of sp³-hybridized carbons (Fsp3) is 0.0909. The van der Waals surface area contributed by atoms with Crippen molar-refractivity contribution in [1.29, 1.82) is 0 Å². The molecule has 0 spiro atoms. The van der Waals surface area contributed by atoms with Crippen LogP contribution in [0.3, 0.4) is 0 Å². The fourth-order valence-corrected chi connectivity index (χ4v) is 2.17. The topological polar surface area (TPSA) is 130 Å². The summed E-state index contributed by atoms with van der Waals surface area (Å²) in [5.41, 5.74) is 27.2. The Kier molecular flexibility index (Phi) is 1.79. The summed E-state index contributed by atoms with van der Waals surface area (Å²) in [6.07, 6.45) is 1.69. The minimum absolute atomic E-state index is 0.215. The molecule has 0 saturated heterocycles. The van der Waals surface area contributed by atoms with E-state index in [1.165, 1.54) is 0 Å². The van der Waals surface area contributed by atoms with E-state index in [0.29, 0.717) is 16.9 Å². The molecule has 2 heterocycles. The molecule has 0 aromatic carbocycles. The zero-order valence-corrected chi connectivity index (χ0v) is 9.01. The minimum Gasteiger partial charge on any atom is -0.397 e. The summed E-state index contributed by atoms with van der Waals surface area (Å²) in [6, 6.07) is 3.39. The van der Waals surface area contributed by atoms with Crippen LogP contribution >= 0.6 is 0 Å². The first-order chi connectivity index (χ1) is 8.11. The van der Waals surface area contributed by atoms with Gasteiger partial charge in [0.15, 0.2) is 0 Å². The van der Waals surface area contributed by atoms with Crippen molar-refractivity contribution in [2.75, 3.05) is 17.2 Å². The predicted molar refractivity (Wildman–Crippen MR) is 66.7 cm³/mol. The molecule has 17 heavy (non-hydrogen) atoms. The average Bonchev–Trinajstić information content (AvgIpc) is 2.61. The molecular weight excluding hydrogens is 216 g/mol. The molecule has 6 nitrogen and oxygen atoms in total. The van der Waals surface area contributed by atoms with Crippen LogP contribution in [0.1, 0.15) is 17.2 Å². The summed E-state index contributed by atoms with van der Waals surface area (Å²) in [5, 5.41) is 0. The first-order valence-corrected chi connectivity index (χ1v) is 5.16. The number of hydrogen-bond acceptors (Lipinski definition) is 6. The number of nitrogen functional groups attached to an aromatic ring is 3. The molecule has 1 atom stereocenters. The van der Waals surface area contributed by atoms with E-state index >= 15 is 0 Å². The van der Waals surface area contributed by atoms with E-state index in [1.807, 2.05) is 12.1 Å². The van der Waals surface area contributed by atoms with Crippen LogP contribution in [-0.2, 0) is 0 Å². The molecule has 1 aliphatic rings. The van der Waals surface area contributed by atoms with E-state index in [2.05, 4.69) is 9.97 Å². The normalized spacial score (nSPS) is 16.6. The Morgan fingerprint density at radius 1 is 1.06 bits per heavy atom. The van der Waals surface area contributed by atoms with Crippen molar-refractivity contribution in [2.45, 2.75) is 6.04 Å².